The number of nitrogens with one attached hydrogen (secondary N) is 3. The number of aliphatic hydroxyl groups is 1. The molecule has 2 amide bonds. The third kappa shape index (κ3) is 5.85. The van der Waals surface area contributed by atoms with Crippen molar-refractivity contribution in [3.05, 3.63) is 41.3 Å². The monoisotopic (exact) mass is 545 g/mol. The van der Waals surface area contributed by atoms with Gasteiger partial charge < -0.3 is 25.5 Å². The van der Waals surface area contributed by atoms with E-state index >= 15 is 0 Å². The van der Waals surface area contributed by atoms with Crippen molar-refractivity contribution in [2.24, 2.45) is 5.92 Å². The molecule has 2 aromatic heterocycles. The zero-order valence-electron chi connectivity index (χ0n) is 21.3. The summed E-state index contributed by atoms with van der Waals surface area (Å²) in [6, 6.07) is 2.99. The fourth-order valence-electron chi connectivity index (χ4n) is 5.01. The van der Waals surface area contributed by atoms with Gasteiger partial charge in [-0.3, -0.25) is 9.59 Å². The lowest BCUT2D eigenvalue weighted by atomic mass is 9.89. The van der Waals surface area contributed by atoms with Gasteiger partial charge >= 0.3 is 0 Å². The van der Waals surface area contributed by atoms with Gasteiger partial charge in [0.2, 0.25) is 5.91 Å². The molecule has 3 aromatic rings. The molecule has 2 fully saturated rings. The van der Waals surface area contributed by atoms with Crippen molar-refractivity contribution < 1.29 is 32.6 Å². The topological polar surface area (TPSA) is 129 Å². The molecule has 0 aliphatic heterocycles. The van der Waals surface area contributed by atoms with E-state index < -0.39 is 43.1 Å². The van der Waals surface area contributed by atoms with E-state index in [1.807, 2.05) is 0 Å². The summed E-state index contributed by atoms with van der Waals surface area (Å²) in [4.78, 5) is 36.5. The second kappa shape index (κ2) is 11.2. The number of carbonyl (C=O) groups is 2. The van der Waals surface area contributed by atoms with Crippen LogP contribution in [0.25, 0.3) is 22.3 Å². The number of hydrogen-bond donors (Lipinski definition) is 4. The van der Waals surface area contributed by atoms with E-state index in [1.165, 1.54) is 24.5 Å². The van der Waals surface area contributed by atoms with Gasteiger partial charge in [-0.05, 0) is 56.7 Å². The first-order valence-corrected chi connectivity index (χ1v) is 13.0. The van der Waals surface area contributed by atoms with Crippen molar-refractivity contribution in [1.29, 1.82) is 0 Å². The number of amides is 2. The molecule has 5 rings (SSSR count). The van der Waals surface area contributed by atoms with Crippen molar-refractivity contribution in [3.63, 3.8) is 0 Å². The number of aliphatic hydroxyl groups excluding tert-OH is 1. The number of hydrogen-bond acceptors (Lipinski definition) is 6. The first kappa shape index (κ1) is 26.9. The highest BCUT2D eigenvalue weighted by Crippen LogP contribution is 2.38. The second-order valence-electron chi connectivity index (χ2n) is 10.2. The van der Waals surface area contributed by atoms with Crippen molar-refractivity contribution in [2.45, 2.75) is 63.7 Å². The number of aromatic amines is 1. The molecular weight excluding hydrogens is 515 g/mol. The van der Waals surface area contributed by atoms with E-state index in [-0.39, 0.29) is 23.1 Å². The Kier molecular flexibility index (Phi) is 7.74. The molecule has 0 bridgehead atoms. The van der Waals surface area contributed by atoms with Gasteiger partial charge in [-0.2, -0.15) is 0 Å². The van der Waals surface area contributed by atoms with Crippen molar-refractivity contribution in [1.82, 2.24) is 25.6 Å². The molecule has 39 heavy (non-hydrogen) atoms. The minimum atomic E-state index is -2.69. The molecule has 2 saturated carbocycles. The Balaban J connectivity index is 1.42. The Morgan fingerprint density at radius 2 is 1.97 bits per heavy atom. The highest BCUT2D eigenvalue weighted by molar-refractivity contribution is 6.09. The Labute approximate surface area is 222 Å². The summed E-state index contributed by atoms with van der Waals surface area (Å²) in [5.74, 6) is -0.239. The zero-order chi connectivity index (χ0) is 27.7. The summed E-state index contributed by atoms with van der Waals surface area (Å²) >= 11 is 0. The zero-order valence-corrected chi connectivity index (χ0v) is 21.3. The first-order chi connectivity index (χ1) is 18.7. The van der Waals surface area contributed by atoms with E-state index in [1.54, 1.807) is 6.92 Å². The summed E-state index contributed by atoms with van der Waals surface area (Å²) in [6.07, 6.45) is 0.0586. The number of alkyl halides is 3. The number of nitrogens with zero attached hydrogens (tertiary/aromatic N) is 2. The van der Waals surface area contributed by atoms with Gasteiger partial charge in [0.1, 0.15) is 36.1 Å². The van der Waals surface area contributed by atoms with Crippen molar-refractivity contribution >= 4 is 22.8 Å². The molecule has 2 aliphatic rings. The summed E-state index contributed by atoms with van der Waals surface area (Å²) < 4.78 is 48.0. The number of fused-ring (bicyclic) bond motifs is 1. The molecule has 3 unspecified atom stereocenters. The van der Waals surface area contributed by atoms with Crippen LogP contribution in [0, 0.1) is 12.8 Å². The van der Waals surface area contributed by atoms with Crippen LogP contribution in [-0.2, 0) is 4.79 Å². The van der Waals surface area contributed by atoms with Gasteiger partial charge in [0.15, 0.2) is 0 Å². The number of aromatic nitrogens is 3. The minimum absolute atomic E-state index is 0.0139. The van der Waals surface area contributed by atoms with Crippen LogP contribution in [0.1, 0.15) is 60.1 Å². The summed E-state index contributed by atoms with van der Waals surface area (Å²) in [5, 5.41) is 14.2. The predicted octanol–water partition coefficient (Wildman–Crippen LogP) is 3.76. The Hall–Kier alpha value is -3.67. The third-order valence-electron chi connectivity index (χ3n) is 7.28. The van der Waals surface area contributed by atoms with E-state index in [2.05, 4.69) is 25.6 Å². The van der Waals surface area contributed by atoms with Crippen LogP contribution in [0.15, 0.2) is 24.5 Å². The van der Waals surface area contributed by atoms with Crippen LogP contribution in [0.2, 0.25) is 0 Å². The molecule has 12 heteroatoms. The van der Waals surface area contributed by atoms with E-state index in [4.69, 9.17) is 9.84 Å². The van der Waals surface area contributed by atoms with Crippen LogP contribution >= 0.6 is 0 Å². The maximum atomic E-state index is 14.9. The number of rotatable bonds is 9. The molecule has 2 aliphatic carbocycles. The van der Waals surface area contributed by atoms with Gasteiger partial charge in [0, 0.05) is 29.3 Å². The standard InChI is InChI=1S/C27H30F3N5O4/c1-13-22(27(38)35-19-6-5-16(9-18(19)28)34-21(37)10-36)24-25(33-13)23(31-12-32-24)17-8-15(26(29)30)4-7-20(17)39-11-14-2-3-14/h4,7-8,12,14,16,18-19,26,33,36H,2-3,5-6,9-11H2,1H3,(H,34,37)(H,35,38). The molecule has 0 spiro atoms. The Morgan fingerprint density at radius 1 is 1.18 bits per heavy atom. The molecule has 2 heterocycles. The Morgan fingerprint density at radius 3 is 2.67 bits per heavy atom. The summed E-state index contributed by atoms with van der Waals surface area (Å²) in [7, 11) is 0. The second-order valence-corrected chi connectivity index (χ2v) is 10.2. The highest BCUT2D eigenvalue weighted by Gasteiger charge is 2.33. The third-order valence-corrected chi connectivity index (χ3v) is 7.28. The molecule has 1 aromatic carbocycles. The van der Waals surface area contributed by atoms with Crippen molar-refractivity contribution in [2.75, 3.05) is 13.2 Å². The Bertz CT molecular complexity index is 1380. The van der Waals surface area contributed by atoms with E-state index in [9.17, 15) is 22.8 Å². The largest absolute Gasteiger partial charge is 0.493 e. The number of benzene rings is 1. The normalized spacial score (nSPS) is 21.2. The SMILES string of the molecule is Cc1[nH]c2c(-c3cc(C(F)F)ccc3OCC3CC3)ncnc2c1C(=O)NC1CCC(NC(=O)CO)CC1F. The van der Waals surface area contributed by atoms with Crippen LogP contribution in [0.3, 0.4) is 0 Å². The van der Waals surface area contributed by atoms with Crippen molar-refractivity contribution in [3.8, 4) is 17.0 Å². The van der Waals surface area contributed by atoms with Gasteiger partial charge in [0.05, 0.1) is 23.7 Å². The molecule has 9 nitrogen and oxygen atoms in total. The van der Waals surface area contributed by atoms with Crippen LogP contribution in [0.4, 0.5) is 13.2 Å². The van der Waals surface area contributed by atoms with Gasteiger partial charge in [0.25, 0.3) is 12.3 Å². The molecular formula is C27H30F3N5O4. The number of carbonyl (C=O) groups excluding carboxylic acids is 2. The predicted molar refractivity (Wildman–Crippen MR) is 136 cm³/mol. The number of aryl methyl sites for hydroxylation is 1. The highest BCUT2D eigenvalue weighted by atomic mass is 19.3. The van der Waals surface area contributed by atoms with Crippen LogP contribution in [0.5, 0.6) is 5.75 Å². The van der Waals surface area contributed by atoms with Gasteiger partial charge in [-0.1, -0.05) is 0 Å². The summed E-state index contributed by atoms with van der Waals surface area (Å²) in [5.41, 5.74) is 1.84. The summed E-state index contributed by atoms with van der Waals surface area (Å²) in [6.45, 7) is 1.48. The average molecular weight is 546 g/mol. The lowest BCUT2D eigenvalue weighted by Crippen LogP contribution is -2.50. The maximum absolute atomic E-state index is 14.9. The van der Waals surface area contributed by atoms with Crippen LogP contribution in [-0.4, -0.2) is 63.3 Å². The molecule has 0 saturated heterocycles. The minimum Gasteiger partial charge on any atom is -0.493 e. The molecule has 3 atom stereocenters. The number of H-pyrrole nitrogens is 1. The molecule has 4 N–H and O–H groups in total. The number of ether oxygens (including phenoxy) is 1. The quantitative estimate of drug-likeness (QED) is 0.324. The lowest BCUT2D eigenvalue weighted by molar-refractivity contribution is -0.124. The van der Waals surface area contributed by atoms with Gasteiger partial charge in [-0.15, -0.1) is 0 Å². The fraction of sp³-hybridized carbons (Fsp3) is 0.481. The molecule has 208 valence electrons. The average Bonchev–Trinajstić information content (AvgIpc) is 3.68. The number of halogens is 3. The van der Waals surface area contributed by atoms with Gasteiger partial charge in [-0.25, -0.2) is 23.1 Å². The fourth-order valence-corrected chi connectivity index (χ4v) is 5.01. The van der Waals surface area contributed by atoms with E-state index in [0.717, 1.165) is 12.8 Å². The lowest BCUT2D eigenvalue weighted by Gasteiger charge is -2.32. The maximum Gasteiger partial charge on any atom is 0.263 e. The smallest absolute Gasteiger partial charge is 0.263 e. The van der Waals surface area contributed by atoms with Crippen LogP contribution < -0.4 is 15.4 Å². The first-order valence-electron chi connectivity index (χ1n) is 13.0. The van der Waals surface area contributed by atoms with E-state index in [0.29, 0.717) is 53.6 Å². The molecule has 0 radical (unpaired) electrons.